The number of phenols is 1. The highest BCUT2D eigenvalue weighted by molar-refractivity contribution is 5.93. The number of nitrogens with one attached hydrogen (secondary N) is 1. The third-order valence-electron chi connectivity index (χ3n) is 5.53. The van der Waals surface area contributed by atoms with Gasteiger partial charge in [0.05, 0.1) is 23.7 Å². The molecule has 0 aliphatic carbocycles. The molecule has 3 aromatic rings. The van der Waals surface area contributed by atoms with E-state index in [1.54, 1.807) is 6.20 Å². The van der Waals surface area contributed by atoms with Gasteiger partial charge in [0.15, 0.2) is 5.82 Å². The number of carbonyl (C=O) groups is 1. The number of halogens is 1. The average molecular weight is 453 g/mol. The number of rotatable bonds is 4. The molecule has 2 aromatic carbocycles. The number of aryl methyl sites for hydroxylation is 1. The van der Waals surface area contributed by atoms with Crippen LogP contribution in [-0.4, -0.2) is 46.9 Å². The minimum absolute atomic E-state index is 0.0124. The predicted molar refractivity (Wildman–Crippen MR) is 126 cm³/mol. The summed E-state index contributed by atoms with van der Waals surface area (Å²) in [5.41, 5.74) is 2.53. The number of aromatic nitrogens is 2. The topological polar surface area (TPSA) is 87.6 Å². The molecule has 2 heterocycles. The third-order valence-corrected chi connectivity index (χ3v) is 5.53. The lowest BCUT2D eigenvalue weighted by molar-refractivity contribution is 0.104. The molecule has 4 rings (SSSR count). The molecule has 174 valence electrons. The van der Waals surface area contributed by atoms with E-state index < -0.39 is 11.9 Å². The Morgan fingerprint density at radius 1 is 1.33 bits per heavy atom. The van der Waals surface area contributed by atoms with Crippen molar-refractivity contribution >= 4 is 22.7 Å². The molecule has 0 unspecified atom stereocenters. The molecule has 0 spiro atoms. The van der Waals surface area contributed by atoms with Crippen LogP contribution in [0.1, 0.15) is 32.8 Å². The first kappa shape index (κ1) is 22.8. The van der Waals surface area contributed by atoms with Crippen molar-refractivity contribution in [2.75, 3.05) is 24.6 Å². The van der Waals surface area contributed by atoms with Crippen LogP contribution in [0.15, 0.2) is 36.5 Å². The van der Waals surface area contributed by atoms with E-state index >= 15 is 0 Å². The van der Waals surface area contributed by atoms with Gasteiger partial charge in [-0.1, -0.05) is 26.8 Å². The van der Waals surface area contributed by atoms with Crippen LogP contribution in [0.2, 0.25) is 0 Å². The van der Waals surface area contributed by atoms with Crippen molar-refractivity contribution in [1.29, 1.82) is 0 Å². The van der Waals surface area contributed by atoms with Gasteiger partial charge in [-0.3, -0.25) is 0 Å². The van der Waals surface area contributed by atoms with Crippen molar-refractivity contribution in [2.45, 2.75) is 40.2 Å². The molecular weight excluding hydrogens is 423 g/mol. The van der Waals surface area contributed by atoms with Gasteiger partial charge in [-0.15, -0.1) is 0 Å². The fourth-order valence-corrected chi connectivity index (χ4v) is 3.96. The minimum Gasteiger partial charge on any atom is -0.507 e. The average Bonchev–Trinajstić information content (AvgIpc) is 3.19. The molecule has 2 N–H and O–H groups in total. The lowest BCUT2D eigenvalue weighted by Gasteiger charge is -2.22. The van der Waals surface area contributed by atoms with Gasteiger partial charge in [-0.2, -0.15) is 0 Å². The highest BCUT2D eigenvalue weighted by atomic mass is 19.1. The van der Waals surface area contributed by atoms with Gasteiger partial charge in [0.2, 0.25) is 0 Å². The van der Waals surface area contributed by atoms with E-state index in [1.165, 1.54) is 18.2 Å². The Labute approximate surface area is 192 Å². The Kier molecular flexibility index (Phi) is 6.10. The zero-order valence-electron chi connectivity index (χ0n) is 19.4. The van der Waals surface area contributed by atoms with Crippen molar-refractivity contribution in [2.24, 2.45) is 5.41 Å². The number of alkyl carbamates (subject to hydrolysis) is 1. The summed E-state index contributed by atoms with van der Waals surface area (Å²) in [6.07, 6.45) is 2.06. The van der Waals surface area contributed by atoms with Gasteiger partial charge in [-0.25, -0.2) is 19.2 Å². The van der Waals surface area contributed by atoms with Crippen LogP contribution < -0.4 is 10.2 Å². The molecule has 0 saturated carbocycles. The number of anilines is 1. The number of aromatic hydroxyl groups is 1. The van der Waals surface area contributed by atoms with Crippen molar-refractivity contribution in [3.63, 3.8) is 0 Å². The van der Waals surface area contributed by atoms with Crippen LogP contribution in [0.5, 0.6) is 5.75 Å². The summed E-state index contributed by atoms with van der Waals surface area (Å²) in [6, 6.07) is 8.08. The van der Waals surface area contributed by atoms with E-state index in [1.807, 2.05) is 33.8 Å². The highest BCUT2D eigenvalue weighted by Gasteiger charge is 2.27. The quantitative estimate of drug-likeness (QED) is 0.591. The summed E-state index contributed by atoms with van der Waals surface area (Å²) < 4.78 is 19.6. The SMILES string of the molecule is Cc1cc(N2CC[C@@H](NC(=O)OCC(C)(C)C)C2)c2cnc(-c3c(O)cccc3F)nc2c1. The molecule has 1 amide bonds. The Bertz CT molecular complexity index is 1170. The number of nitrogens with zero attached hydrogens (tertiary/aromatic N) is 3. The summed E-state index contributed by atoms with van der Waals surface area (Å²) in [4.78, 5) is 23.2. The molecule has 7 nitrogen and oxygen atoms in total. The second-order valence-electron chi connectivity index (χ2n) is 9.76. The Balaban J connectivity index is 1.56. The second-order valence-corrected chi connectivity index (χ2v) is 9.76. The normalized spacial score (nSPS) is 16.3. The summed E-state index contributed by atoms with van der Waals surface area (Å²) in [6.45, 7) is 9.78. The molecule has 1 atom stereocenters. The lowest BCUT2D eigenvalue weighted by atomic mass is 9.99. The van der Waals surface area contributed by atoms with Crippen LogP contribution in [0, 0.1) is 18.2 Å². The van der Waals surface area contributed by atoms with E-state index in [-0.39, 0.29) is 28.6 Å². The van der Waals surface area contributed by atoms with Gasteiger partial charge in [0.1, 0.15) is 11.6 Å². The molecule has 1 saturated heterocycles. The maximum Gasteiger partial charge on any atom is 0.407 e. The molecule has 1 aliphatic rings. The summed E-state index contributed by atoms with van der Waals surface area (Å²) >= 11 is 0. The van der Waals surface area contributed by atoms with Crippen LogP contribution in [0.4, 0.5) is 14.9 Å². The smallest absolute Gasteiger partial charge is 0.407 e. The number of amides is 1. The standard InChI is InChI=1S/C25H29FN4O3/c1-15-10-19-17(12-27-23(29-19)22-18(26)6-5-7-21(22)31)20(11-15)30-9-8-16(13-30)28-24(32)33-14-25(2,3)4/h5-7,10-12,16,31H,8-9,13-14H2,1-4H3,(H,28,32)/t16-/m1/s1. The molecule has 0 bridgehead atoms. The predicted octanol–water partition coefficient (Wildman–Crippen LogP) is 4.80. The molecule has 0 radical (unpaired) electrons. The van der Waals surface area contributed by atoms with Crippen molar-refractivity contribution < 1.29 is 19.0 Å². The third kappa shape index (κ3) is 5.16. The fourth-order valence-electron chi connectivity index (χ4n) is 3.96. The van der Waals surface area contributed by atoms with Gasteiger partial charge in [0.25, 0.3) is 0 Å². The zero-order valence-corrected chi connectivity index (χ0v) is 19.4. The van der Waals surface area contributed by atoms with Gasteiger partial charge in [-0.05, 0) is 48.6 Å². The van der Waals surface area contributed by atoms with Crippen LogP contribution in [0.25, 0.3) is 22.3 Å². The van der Waals surface area contributed by atoms with E-state index in [4.69, 9.17) is 4.74 Å². The van der Waals surface area contributed by atoms with Gasteiger partial charge in [0, 0.05) is 30.4 Å². The molecule has 1 fully saturated rings. The van der Waals surface area contributed by atoms with Crippen LogP contribution in [0.3, 0.4) is 0 Å². The van der Waals surface area contributed by atoms with E-state index in [0.717, 1.165) is 29.6 Å². The van der Waals surface area contributed by atoms with E-state index in [2.05, 4.69) is 26.3 Å². The molecule has 1 aliphatic heterocycles. The second kappa shape index (κ2) is 8.84. The lowest BCUT2D eigenvalue weighted by Crippen LogP contribution is -2.38. The minimum atomic E-state index is -0.575. The fraction of sp³-hybridized carbons (Fsp3) is 0.400. The number of fused-ring (bicyclic) bond motifs is 1. The molecule has 1 aromatic heterocycles. The molecular formula is C25H29FN4O3. The molecule has 8 heteroatoms. The Hall–Kier alpha value is -3.42. The first-order valence-corrected chi connectivity index (χ1v) is 11.0. The highest BCUT2D eigenvalue weighted by Crippen LogP contribution is 2.34. The Morgan fingerprint density at radius 2 is 2.12 bits per heavy atom. The monoisotopic (exact) mass is 452 g/mol. The molecule has 33 heavy (non-hydrogen) atoms. The number of benzene rings is 2. The van der Waals surface area contributed by atoms with E-state index in [0.29, 0.717) is 18.7 Å². The van der Waals surface area contributed by atoms with Crippen molar-refractivity contribution in [1.82, 2.24) is 15.3 Å². The Morgan fingerprint density at radius 3 is 2.85 bits per heavy atom. The first-order valence-electron chi connectivity index (χ1n) is 11.0. The van der Waals surface area contributed by atoms with Gasteiger partial charge < -0.3 is 20.1 Å². The van der Waals surface area contributed by atoms with E-state index in [9.17, 15) is 14.3 Å². The summed E-state index contributed by atoms with van der Waals surface area (Å²) in [7, 11) is 0. The number of hydrogen-bond donors (Lipinski definition) is 2. The maximum atomic E-state index is 14.3. The summed E-state index contributed by atoms with van der Waals surface area (Å²) in [5.74, 6) is -0.639. The van der Waals surface area contributed by atoms with Gasteiger partial charge >= 0.3 is 6.09 Å². The van der Waals surface area contributed by atoms with Crippen LogP contribution in [-0.2, 0) is 4.74 Å². The largest absolute Gasteiger partial charge is 0.507 e. The maximum absolute atomic E-state index is 14.3. The summed E-state index contributed by atoms with van der Waals surface area (Å²) in [5, 5.41) is 13.9. The van der Waals surface area contributed by atoms with Crippen molar-refractivity contribution in [3.8, 4) is 17.1 Å². The number of hydrogen-bond acceptors (Lipinski definition) is 6. The van der Waals surface area contributed by atoms with Crippen molar-refractivity contribution in [3.05, 3.63) is 47.9 Å². The number of carbonyl (C=O) groups excluding carboxylic acids is 1. The number of phenolic OH excluding ortho intramolecular Hbond substituents is 1. The zero-order chi connectivity index (χ0) is 23.8. The number of ether oxygens (including phenoxy) is 1. The first-order chi connectivity index (χ1) is 15.6. The van der Waals surface area contributed by atoms with Crippen LogP contribution >= 0.6 is 0 Å².